The van der Waals surface area contributed by atoms with Gasteiger partial charge < -0.3 is 10.4 Å². The van der Waals surface area contributed by atoms with Crippen molar-refractivity contribution in [3.8, 4) is 5.75 Å². The Kier molecular flexibility index (Phi) is 4.86. The Morgan fingerprint density at radius 2 is 1.95 bits per heavy atom. The van der Waals surface area contributed by atoms with Gasteiger partial charge in [-0.1, -0.05) is 51.8 Å². The molecular formula is C15H15BrClNO. The second-order valence-corrected chi connectivity index (χ2v) is 5.62. The molecule has 4 heteroatoms. The van der Waals surface area contributed by atoms with Crippen molar-refractivity contribution in [3.05, 3.63) is 63.1 Å². The van der Waals surface area contributed by atoms with Gasteiger partial charge in [-0.25, -0.2) is 0 Å². The average molecular weight is 341 g/mol. The van der Waals surface area contributed by atoms with Gasteiger partial charge in [0.1, 0.15) is 5.75 Å². The van der Waals surface area contributed by atoms with Gasteiger partial charge in [-0.15, -0.1) is 0 Å². The van der Waals surface area contributed by atoms with E-state index in [4.69, 9.17) is 11.6 Å². The summed E-state index contributed by atoms with van der Waals surface area (Å²) in [6.45, 7) is 2.60. The summed E-state index contributed by atoms with van der Waals surface area (Å²) in [4.78, 5) is 0. The lowest BCUT2D eigenvalue weighted by molar-refractivity contribution is 0.460. The maximum absolute atomic E-state index is 9.80. The molecule has 0 saturated carbocycles. The van der Waals surface area contributed by atoms with Crippen LogP contribution in [0.15, 0.2) is 46.9 Å². The van der Waals surface area contributed by atoms with Crippen molar-refractivity contribution in [2.45, 2.75) is 19.5 Å². The highest BCUT2D eigenvalue weighted by molar-refractivity contribution is 9.10. The van der Waals surface area contributed by atoms with Crippen molar-refractivity contribution in [3.63, 3.8) is 0 Å². The molecule has 0 aromatic heterocycles. The number of hydrogen-bond acceptors (Lipinski definition) is 2. The van der Waals surface area contributed by atoms with E-state index in [1.807, 2.05) is 18.2 Å². The molecule has 1 atom stereocenters. The van der Waals surface area contributed by atoms with E-state index in [1.165, 1.54) is 5.56 Å². The summed E-state index contributed by atoms with van der Waals surface area (Å²) in [6, 6.07) is 13.4. The van der Waals surface area contributed by atoms with Crippen molar-refractivity contribution < 1.29 is 5.11 Å². The van der Waals surface area contributed by atoms with Crippen LogP contribution in [0.25, 0.3) is 0 Å². The maximum Gasteiger partial charge on any atom is 0.121 e. The van der Waals surface area contributed by atoms with Crippen LogP contribution in [0, 0.1) is 0 Å². The molecule has 19 heavy (non-hydrogen) atoms. The quantitative estimate of drug-likeness (QED) is 0.848. The molecule has 0 amide bonds. The Labute approximate surface area is 126 Å². The molecule has 0 bridgehead atoms. The Hall–Kier alpha value is -1.03. The zero-order valence-corrected chi connectivity index (χ0v) is 12.9. The first-order valence-electron chi connectivity index (χ1n) is 6.03. The third-order valence-electron chi connectivity index (χ3n) is 3.05. The molecule has 0 aliphatic heterocycles. The maximum atomic E-state index is 9.80. The first kappa shape index (κ1) is 14.4. The summed E-state index contributed by atoms with van der Waals surface area (Å²) in [5.74, 6) is 0.222. The van der Waals surface area contributed by atoms with Gasteiger partial charge in [0.15, 0.2) is 0 Å². The van der Waals surface area contributed by atoms with Crippen LogP contribution in [0.3, 0.4) is 0 Å². The summed E-state index contributed by atoms with van der Waals surface area (Å²) >= 11 is 9.62. The fourth-order valence-corrected chi connectivity index (χ4v) is 2.78. The molecule has 0 spiro atoms. The molecule has 0 aliphatic carbocycles. The number of halogens is 2. The molecule has 0 aliphatic rings. The molecule has 2 N–H and O–H groups in total. The molecule has 2 nitrogen and oxygen atoms in total. The lowest BCUT2D eigenvalue weighted by Crippen LogP contribution is -2.18. The van der Waals surface area contributed by atoms with E-state index in [1.54, 1.807) is 18.2 Å². The Bertz CT molecular complexity index is 554. The zero-order valence-electron chi connectivity index (χ0n) is 10.5. The fourth-order valence-electron chi connectivity index (χ4n) is 1.91. The van der Waals surface area contributed by atoms with E-state index >= 15 is 0 Å². The highest BCUT2D eigenvalue weighted by atomic mass is 79.9. The van der Waals surface area contributed by atoms with Crippen LogP contribution < -0.4 is 5.32 Å². The standard InChI is InChI=1S/C15H15BrClNO/c1-10(11-5-2-3-6-13(11)16)18-9-12-14(17)7-4-8-15(12)19/h2-8,10,18-19H,9H2,1H3/t10-/m0/s1. The monoisotopic (exact) mass is 339 g/mol. The summed E-state index contributed by atoms with van der Waals surface area (Å²) in [6.07, 6.45) is 0. The predicted molar refractivity (Wildman–Crippen MR) is 82.5 cm³/mol. The van der Waals surface area contributed by atoms with Crippen LogP contribution in [0.4, 0.5) is 0 Å². The molecular weight excluding hydrogens is 326 g/mol. The molecule has 2 rings (SSSR count). The van der Waals surface area contributed by atoms with Crippen LogP contribution in [0.1, 0.15) is 24.1 Å². The van der Waals surface area contributed by atoms with Crippen molar-refractivity contribution in [2.75, 3.05) is 0 Å². The number of hydrogen-bond donors (Lipinski definition) is 2. The topological polar surface area (TPSA) is 32.3 Å². The highest BCUT2D eigenvalue weighted by Crippen LogP contribution is 2.27. The van der Waals surface area contributed by atoms with Crippen molar-refractivity contribution in [2.24, 2.45) is 0 Å². The van der Waals surface area contributed by atoms with Gasteiger partial charge in [0.05, 0.1) is 0 Å². The Morgan fingerprint density at radius 1 is 1.21 bits per heavy atom. The second-order valence-electron chi connectivity index (χ2n) is 4.36. The Morgan fingerprint density at radius 3 is 2.63 bits per heavy atom. The normalized spacial score (nSPS) is 12.4. The van der Waals surface area contributed by atoms with Crippen LogP contribution in [0.2, 0.25) is 5.02 Å². The fraction of sp³-hybridized carbons (Fsp3) is 0.200. The minimum Gasteiger partial charge on any atom is -0.508 e. The van der Waals surface area contributed by atoms with Crippen LogP contribution in [-0.4, -0.2) is 5.11 Å². The SMILES string of the molecule is C[C@H](NCc1c(O)cccc1Cl)c1ccccc1Br. The minimum atomic E-state index is 0.159. The largest absolute Gasteiger partial charge is 0.508 e. The van der Waals surface area contributed by atoms with E-state index in [-0.39, 0.29) is 11.8 Å². The van der Waals surface area contributed by atoms with Gasteiger partial charge in [-0.3, -0.25) is 0 Å². The van der Waals surface area contributed by atoms with Crippen LogP contribution in [0.5, 0.6) is 5.75 Å². The molecule has 0 heterocycles. The number of rotatable bonds is 4. The third kappa shape index (κ3) is 3.50. The number of phenolic OH excluding ortho intramolecular Hbond substituents is 1. The molecule has 0 radical (unpaired) electrons. The van der Waals surface area contributed by atoms with Gasteiger partial charge in [-0.2, -0.15) is 0 Å². The predicted octanol–water partition coefficient (Wildman–Crippen LogP) is 4.66. The van der Waals surface area contributed by atoms with Gasteiger partial charge >= 0.3 is 0 Å². The third-order valence-corrected chi connectivity index (χ3v) is 4.13. The highest BCUT2D eigenvalue weighted by Gasteiger charge is 2.11. The first-order valence-corrected chi connectivity index (χ1v) is 7.21. The van der Waals surface area contributed by atoms with E-state index in [9.17, 15) is 5.11 Å². The van der Waals surface area contributed by atoms with Gasteiger partial charge in [0.25, 0.3) is 0 Å². The van der Waals surface area contributed by atoms with Crippen LogP contribution in [-0.2, 0) is 6.54 Å². The number of aromatic hydroxyl groups is 1. The van der Waals surface area contributed by atoms with Crippen molar-refractivity contribution >= 4 is 27.5 Å². The summed E-state index contributed by atoms with van der Waals surface area (Å²) in [5.41, 5.74) is 1.90. The number of phenols is 1. The van der Waals surface area contributed by atoms with E-state index < -0.39 is 0 Å². The van der Waals surface area contributed by atoms with Gasteiger partial charge in [0, 0.05) is 27.6 Å². The van der Waals surface area contributed by atoms with E-state index in [0.29, 0.717) is 11.6 Å². The van der Waals surface area contributed by atoms with Gasteiger partial charge in [0.2, 0.25) is 0 Å². The Balaban J connectivity index is 2.09. The zero-order chi connectivity index (χ0) is 13.8. The number of nitrogens with one attached hydrogen (secondary N) is 1. The second kappa shape index (κ2) is 6.42. The summed E-state index contributed by atoms with van der Waals surface area (Å²) < 4.78 is 1.07. The lowest BCUT2D eigenvalue weighted by Gasteiger charge is -2.17. The molecule has 2 aromatic carbocycles. The average Bonchev–Trinajstić information content (AvgIpc) is 2.38. The van der Waals surface area contributed by atoms with Crippen molar-refractivity contribution in [1.82, 2.24) is 5.32 Å². The van der Waals surface area contributed by atoms with Gasteiger partial charge in [-0.05, 0) is 30.7 Å². The molecule has 0 saturated heterocycles. The molecule has 2 aromatic rings. The molecule has 0 fully saturated rings. The smallest absolute Gasteiger partial charge is 0.121 e. The lowest BCUT2D eigenvalue weighted by atomic mass is 10.1. The number of benzene rings is 2. The van der Waals surface area contributed by atoms with Crippen molar-refractivity contribution in [1.29, 1.82) is 0 Å². The summed E-state index contributed by atoms with van der Waals surface area (Å²) in [5, 5.41) is 13.7. The van der Waals surface area contributed by atoms with E-state index in [0.717, 1.165) is 10.0 Å². The summed E-state index contributed by atoms with van der Waals surface area (Å²) in [7, 11) is 0. The molecule has 100 valence electrons. The minimum absolute atomic E-state index is 0.159. The van der Waals surface area contributed by atoms with Crippen LogP contribution >= 0.6 is 27.5 Å². The first-order chi connectivity index (χ1) is 9.09. The molecule has 0 unspecified atom stereocenters. The van der Waals surface area contributed by atoms with E-state index in [2.05, 4.69) is 34.2 Å².